The molecule has 66 heavy (non-hydrogen) atoms. The van der Waals surface area contributed by atoms with Gasteiger partial charge in [0.2, 0.25) is 0 Å². The van der Waals surface area contributed by atoms with Crippen LogP contribution >= 0.6 is 0 Å². The lowest BCUT2D eigenvalue weighted by atomic mass is 10.0. The maximum absolute atomic E-state index is 12.3. The summed E-state index contributed by atoms with van der Waals surface area (Å²) in [6.45, 7) is 4.02. The third-order valence-corrected chi connectivity index (χ3v) is 11.9. The molecule has 5 nitrogen and oxygen atoms in total. The Hall–Kier alpha value is -3.18. The smallest absolute Gasteiger partial charge is 0.306 e. The van der Waals surface area contributed by atoms with Crippen LogP contribution in [0.25, 0.3) is 0 Å². The van der Waals surface area contributed by atoms with Gasteiger partial charge in [-0.1, -0.05) is 246 Å². The average Bonchev–Trinajstić information content (AvgIpc) is 3.32. The molecule has 378 valence electrons. The Morgan fingerprint density at radius 1 is 0.364 bits per heavy atom. The maximum atomic E-state index is 12.3. The number of unbranched alkanes of at least 4 members (excludes halogenated alkanes) is 26. The van der Waals surface area contributed by atoms with E-state index in [2.05, 4.69) is 111 Å². The Bertz CT molecular complexity index is 1270. The topological polar surface area (TPSA) is 72.8 Å². The molecule has 0 aliphatic carbocycles. The number of esters is 2. The van der Waals surface area contributed by atoms with Crippen LogP contribution in [0.2, 0.25) is 0 Å². The van der Waals surface area contributed by atoms with Gasteiger partial charge in [0.15, 0.2) is 6.10 Å². The van der Waals surface area contributed by atoms with Crippen molar-refractivity contribution in [3.63, 3.8) is 0 Å². The molecule has 0 radical (unpaired) electrons. The minimum atomic E-state index is -0.789. The van der Waals surface area contributed by atoms with Crippen molar-refractivity contribution in [1.29, 1.82) is 0 Å². The van der Waals surface area contributed by atoms with Crippen LogP contribution in [0.1, 0.15) is 258 Å². The van der Waals surface area contributed by atoms with Gasteiger partial charge in [0, 0.05) is 12.8 Å². The molecule has 0 rings (SSSR count). The van der Waals surface area contributed by atoms with Gasteiger partial charge in [-0.05, 0) is 96.3 Å². The molecule has 0 fully saturated rings. The molecule has 0 saturated heterocycles. The molecular formula is C61H104O5. The second kappa shape index (κ2) is 56.1. The molecule has 0 amide bonds. The Morgan fingerprint density at radius 3 is 1.00 bits per heavy atom. The summed E-state index contributed by atoms with van der Waals surface area (Å²) >= 11 is 0. The highest BCUT2D eigenvalue weighted by Crippen LogP contribution is 2.15. The van der Waals surface area contributed by atoms with Crippen LogP contribution in [-0.2, 0) is 19.1 Å². The van der Waals surface area contributed by atoms with Crippen molar-refractivity contribution in [2.45, 2.75) is 264 Å². The first kappa shape index (κ1) is 62.8. The Balaban J connectivity index is 3.56. The molecule has 1 N–H and O–H groups in total. The summed E-state index contributed by atoms with van der Waals surface area (Å²) in [7, 11) is 0. The number of hydrogen-bond donors (Lipinski definition) is 1. The van der Waals surface area contributed by atoms with Gasteiger partial charge in [-0.2, -0.15) is 0 Å². The van der Waals surface area contributed by atoms with Crippen LogP contribution < -0.4 is 0 Å². The van der Waals surface area contributed by atoms with Crippen LogP contribution in [0, 0.1) is 0 Å². The summed E-state index contributed by atoms with van der Waals surface area (Å²) in [6.07, 6.45) is 79.4. The summed E-state index contributed by atoms with van der Waals surface area (Å²) < 4.78 is 10.7. The monoisotopic (exact) mass is 917 g/mol. The van der Waals surface area contributed by atoms with E-state index in [-0.39, 0.29) is 25.2 Å². The van der Waals surface area contributed by atoms with Gasteiger partial charge in [-0.25, -0.2) is 0 Å². The Labute approximate surface area is 408 Å². The lowest BCUT2D eigenvalue weighted by molar-refractivity contribution is -0.161. The van der Waals surface area contributed by atoms with Gasteiger partial charge >= 0.3 is 11.9 Å². The standard InChI is InChI=1S/C61H104O5/c1-3-5-7-9-11-13-15-17-19-21-23-25-27-29-30-32-34-36-38-40-42-44-46-48-50-52-54-56-61(64)66-59(57-62)58-65-60(63)55-53-51-49-47-45-43-41-39-37-35-33-31-28-26-24-22-20-18-16-14-12-10-8-6-4-2/h5,7,11,13,17,19,22-25,29-30,34,36,40,42,59,62H,3-4,6,8-10,12,14-16,18,20-21,26-28,31-33,35,37-39,41,43-58H2,1-2H3/b7-5-,13-11-,19-17-,24-22-,25-23-,30-29-,36-34-,42-40-. The zero-order chi connectivity index (χ0) is 47.7. The number of aliphatic hydroxyl groups excluding tert-OH is 1. The molecule has 0 bridgehead atoms. The zero-order valence-corrected chi connectivity index (χ0v) is 43.2. The van der Waals surface area contributed by atoms with E-state index >= 15 is 0 Å². The van der Waals surface area contributed by atoms with E-state index in [1.807, 2.05) is 0 Å². The van der Waals surface area contributed by atoms with E-state index < -0.39 is 6.10 Å². The van der Waals surface area contributed by atoms with E-state index in [1.54, 1.807) is 0 Å². The molecule has 0 aliphatic heterocycles. The first-order chi connectivity index (χ1) is 32.6. The second-order valence-electron chi connectivity index (χ2n) is 18.3. The van der Waals surface area contributed by atoms with Crippen LogP contribution in [-0.4, -0.2) is 36.4 Å². The van der Waals surface area contributed by atoms with Crippen LogP contribution in [0.15, 0.2) is 97.2 Å². The molecule has 0 spiro atoms. The molecule has 1 unspecified atom stereocenters. The van der Waals surface area contributed by atoms with Crippen molar-refractivity contribution in [2.24, 2.45) is 0 Å². The van der Waals surface area contributed by atoms with E-state index in [0.29, 0.717) is 12.8 Å². The summed E-state index contributed by atoms with van der Waals surface area (Å²) in [5.41, 5.74) is 0. The number of ether oxygens (including phenoxy) is 2. The highest BCUT2D eigenvalue weighted by Gasteiger charge is 2.16. The van der Waals surface area contributed by atoms with E-state index in [4.69, 9.17) is 9.47 Å². The predicted molar refractivity (Wildman–Crippen MR) is 288 cm³/mol. The fraction of sp³-hybridized carbons (Fsp3) is 0.705. The lowest BCUT2D eigenvalue weighted by Crippen LogP contribution is -2.28. The van der Waals surface area contributed by atoms with Gasteiger partial charge in [-0.3, -0.25) is 9.59 Å². The quantitative estimate of drug-likeness (QED) is 0.0374. The fourth-order valence-electron chi connectivity index (χ4n) is 7.71. The minimum Gasteiger partial charge on any atom is -0.462 e. The van der Waals surface area contributed by atoms with E-state index in [9.17, 15) is 14.7 Å². The predicted octanol–water partition coefficient (Wildman–Crippen LogP) is 18.7. The van der Waals surface area contributed by atoms with Gasteiger partial charge < -0.3 is 14.6 Å². The van der Waals surface area contributed by atoms with Crippen molar-refractivity contribution >= 4 is 11.9 Å². The first-order valence-electron chi connectivity index (χ1n) is 27.8. The molecule has 1 atom stereocenters. The van der Waals surface area contributed by atoms with Crippen molar-refractivity contribution in [1.82, 2.24) is 0 Å². The molecule has 0 aromatic carbocycles. The van der Waals surface area contributed by atoms with Gasteiger partial charge in [0.25, 0.3) is 0 Å². The number of hydrogen-bond acceptors (Lipinski definition) is 5. The Kier molecular flexibility index (Phi) is 53.4. The van der Waals surface area contributed by atoms with Crippen LogP contribution in [0.5, 0.6) is 0 Å². The number of carbonyl (C=O) groups is 2. The SMILES string of the molecule is CC/C=C\C/C=C\C/C=C\C/C=C\C/C=C\C/C=C\C/C=C\CCCCCCCC(=O)OC(CO)COC(=O)CCCCCCCCCCCCCCC/C=C\CCCCCCCCCC. The summed E-state index contributed by atoms with van der Waals surface area (Å²) in [4.78, 5) is 24.5. The molecule has 0 saturated carbocycles. The molecule has 0 heterocycles. The number of carbonyl (C=O) groups excluding carboxylic acids is 2. The highest BCUT2D eigenvalue weighted by molar-refractivity contribution is 5.70. The van der Waals surface area contributed by atoms with Crippen molar-refractivity contribution in [3.05, 3.63) is 97.2 Å². The molecule has 0 aromatic heterocycles. The number of rotatable bonds is 50. The lowest BCUT2D eigenvalue weighted by Gasteiger charge is -2.15. The zero-order valence-electron chi connectivity index (χ0n) is 43.2. The van der Waals surface area contributed by atoms with Crippen LogP contribution in [0.4, 0.5) is 0 Å². The van der Waals surface area contributed by atoms with Crippen molar-refractivity contribution in [2.75, 3.05) is 13.2 Å². The van der Waals surface area contributed by atoms with E-state index in [0.717, 1.165) is 103 Å². The molecule has 0 aromatic rings. The number of allylic oxidation sites excluding steroid dienone is 16. The largest absolute Gasteiger partial charge is 0.462 e. The van der Waals surface area contributed by atoms with Crippen molar-refractivity contribution in [3.8, 4) is 0 Å². The fourth-order valence-corrected chi connectivity index (χ4v) is 7.71. The minimum absolute atomic E-state index is 0.0779. The van der Waals surface area contributed by atoms with Gasteiger partial charge in [0.05, 0.1) is 6.61 Å². The Morgan fingerprint density at radius 2 is 0.652 bits per heavy atom. The van der Waals surface area contributed by atoms with Crippen molar-refractivity contribution < 1.29 is 24.2 Å². The average molecular weight is 917 g/mol. The van der Waals surface area contributed by atoms with E-state index in [1.165, 1.54) is 128 Å². The molecule has 5 heteroatoms. The summed E-state index contributed by atoms with van der Waals surface area (Å²) in [6, 6.07) is 0. The normalized spacial score (nSPS) is 13.0. The summed E-state index contributed by atoms with van der Waals surface area (Å²) in [5.74, 6) is -0.612. The summed E-state index contributed by atoms with van der Waals surface area (Å²) in [5, 5.41) is 9.65. The third-order valence-electron chi connectivity index (χ3n) is 11.9. The first-order valence-corrected chi connectivity index (χ1v) is 27.8. The maximum Gasteiger partial charge on any atom is 0.306 e. The molecular weight excluding hydrogens is 813 g/mol. The second-order valence-corrected chi connectivity index (χ2v) is 18.3. The van der Waals surface area contributed by atoms with Gasteiger partial charge in [-0.15, -0.1) is 0 Å². The number of aliphatic hydroxyl groups is 1. The third kappa shape index (κ3) is 53.4. The highest BCUT2D eigenvalue weighted by atomic mass is 16.6. The molecule has 0 aliphatic rings. The van der Waals surface area contributed by atoms with Crippen LogP contribution in [0.3, 0.4) is 0 Å². The van der Waals surface area contributed by atoms with Gasteiger partial charge in [0.1, 0.15) is 6.61 Å².